The first kappa shape index (κ1) is 14.9. The molecule has 108 valence electrons. The number of nitrogens with zero attached hydrogens (tertiary/aromatic N) is 1. The van der Waals surface area contributed by atoms with Crippen LogP contribution in [-0.2, 0) is 4.74 Å². The van der Waals surface area contributed by atoms with Crippen LogP contribution in [-0.4, -0.2) is 23.7 Å². The molecule has 1 atom stereocenters. The molecule has 0 saturated heterocycles. The quantitative estimate of drug-likeness (QED) is 0.870. The van der Waals surface area contributed by atoms with Gasteiger partial charge >= 0.3 is 0 Å². The summed E-state index contributed by atoms with van der Waals surface area (Å²) in [4.78, 5) is 4.44. The van der Waals surface area contributed by atoms with Gasteiger partial charge in [0, 0.05) is 18.2 Å². The molecule has 0 bridgehead atoms. The Morgan fingerprint density at radius 3 is 2.70 bits per heavy atom. The van der Waals surface area contributed by atoms with Gasteiger partial charge in [0.25, 0.3) is 0 Å². The van der Waals surface area contributed by atoms with Gasteiger partial charge in [0.1, 0.15) is 0 Å². The Bertz CT molecular complexity index is 560. The van der Waals surface area contributed by atoms with E-state index in [0.717, 1.165) is 12.1 Å². The lowest BCUT2D eigenvalue weighted by Gasteiger charge is -2.35. The first-order chi connectivity index (χ1) is 9.60. The summed E-state index contributed by atoms with van der Waals surface area (Å²) in [5, 5.41) is 4.75. The molecule has 20 heavy (non-hydrogen) atoms. The molecule has 1 heterocycles. The van der Waals surface area contributed by atoms with Gasteiger partial charge < -0.3 is 10.1 Å². The molecule has 0 aliphatic carbocycles. The molecule has 0 aliphatic heterocycles. The van der Waals surface area contributed by atoms with E-state index in [-0.39, 0.29) is 11.6 Å². The van der Waals surface area contributed by atoms with Gasteiger partial charge in [-0.3, -0.25) is 4.98 Å². The van der Waals surface area contributed by atoms with E-state index in [2.05, 4.69) is 55.3 Å². The Balaban J connectivity index is 2.52. The zero-order valence-corrected chi connectivity index (χ0v) is 12.8. The van der Waals surface area contributed by atoms with Crippen molar-refractivity contribution in [3.63, 3.8) is 0 Å². The van der Waals surface area contributed by atoms with Gasteiger partial charge in [-0.25, -0.2) is 0 Å². The molecule has 2 aromatic rings. The normalized spacial score (nSPS) is 13.6. The van der Waals surface area contributed by atoms with Gasteiger partial charge in [-0.2, -0.15) is 0 Å². The summed E-state index contributed by atoms with van der Waals surface area (Å²) in [7, 11) is 0. The van der Waals surface area contributed by atoms with Gasteiger partial charge in [0.05, 0.1) is 17.2 Å². The standard InChI is InChI=1S/C17H24N2O/c1-5-18-16(17(3,4)20-6-2)14-9-7-11-15-13(14)10-8-12-19-15/h7-12,16,18H,5-6H2,1-4H3. The fourth-order valence-corrected chi connectivity index (χ4v) is 2.77. The second-order valence-corrected chi connectivity index (χ2v) is 5.44. The minimum atomic E-state index is -0.269. The van der Waals surface area contributed by atoms with E-state index in [9.17, 15) is 0 Å². The van der Waals surface area contributed by atoms with Crippen molar-refractivity contribution in [3.8, 4) is 0 Å². The lowest BCUT2D eigenvalue weighted by Crippen LogP contribution is -2.41. The molecule has 2 rings (SSSR count). The Morgan fingerprint density at radius 1 is 1.20 bits per heavy atom. The Hall–Kier alpha value is -1.45. The summed E-state index contributed by atoms with van der Waals surface area (Å²) in [6, 6.07) is 10.5. The summed E-state index contributed by atoms with van der Waals surface area (Å²) in [6.45, 7) is 10.0. The highest BCUT2D eigenvalue weighted by Gasteiger charge is 2.31. The average molecular weight is 272 g/mol. The van der Waals surface area contributed by atoms with E-state index in [0.29, 0.717) is 6.61 Å². The van der Waals surface area contributed by atoms with Crippen LogP contribution in [0.15, 0.2) is 36.5 Å². The highest BCUT2D eigenvalue weighted by molar-refractivity contribution is 5.82. The van der Waals surface area contributed by atoms with Gasteiger partial charge in [-0.1, -0.05) is 25.1 Å². The van der Waals surface area contributed by atoms with Crippen LogP contribution >= 0.6 is 0 Å². The van der Waals surface area contributed by atoms with E-state index in [1.54, 1.807) is 0 Å². The molecule has 0 radical (unpaired) electrons. The van der Waals surface area contributed by atoms with Crippen molar-refractivity contribution in [2.75, 3.05) is 13.2 Å². The number of aromatic nitrogens is 1. The molecule has 0 amide bonds. The minimum Gasteiger partial charge on any atom is -0.374 e. The molecule has 1 unspecified atom stereocenters. The molecule has 3 heteroatoms. The number of ether oxygens (including phenoxy) is 1. The SMILES string of the molecule is CCNC(c1cccc2ncccc12)C(C)(C)OCC. The van der Waals surface area contributed by atoms with Gasteiger partial charge in [0.2, 0.25) is 0 Å². The van der Waals surface area contributed by atoms with E-state index < -0.39 is 0 Å². The smallest absolute Gasteiger partial charge is 0.0820 e. The molecule has 0 spiro atoms. The summed E-state index contributed by atoms with van der Waals surface area (Å²) >= 11 is 0. The fraction of sp³-hybridized carbons (Fsp3) is 0.471. The van der Waals surface area contributed by atoms with Crippen LogP contribution in [0.1, 0.15) is 39.3 Å². The number of fused-ring (bicyclic) bond motifs is 1. The van der Waals surface area contributed by atoms with E-state index in [4.69, 9.17) is 4.74 Å². The van der Waals surface area contributed by atoms with Crippen molar-refractivity contribution in [2.45, 2.75) is 39.3 Å². The zero-order chi connectivity index (χ0) is 14.6. The molecule has 1 aromatic heterocycles. The van der Waals surface area contributed by atoms with Crippen molar-refractivity contribution >= 4 is 10.9 Å². The molecular weight excluding hydrogens is 248 g/mol. The zero-order valence-electron chi connectivity index (χ0n) is 12.8. The minimum absolute atomic E-state index is 0.139. The van der Waals surface area contributed by atoms with Gasteiger partial charge in [-0.05, 0) is 45.0 Å². The van der Waals surface area contributed by atoms with Crippen LogP contribution in [0.5, 0.6) is 0 Å². The third-order valence-electron chi connectivity index (χ3n) is 3.61. The number of rotatable bonds is 6. The number of hydrogen-bond acceptors (Lipinski definition) is 3. The maximum absolute atomic E-state index is 5.96. The Morgan fingerprint density at radius 2 is 2.00 bits per heavy atom. The average Bonchev–Trinajstić information content (AvgIpc) is 2.44. The molecule has 1 N–H and O–H groups in total. The molecule has 0 saturated carbocycles. The van der Waals surface area contributed by atoms with E-state index in [1.807, 2.05) is 19.2 Å². The van der Waals surface area contributed by atoms with Gasteiger partial charge in [-0.15, -0.1) is 0 Å². The second-order valence-electron chi connectivity index (χ2n) is 5.44. The molecule has 0 fully saturated rings. The number of likely N-dealkylation sites (N-methyl/N-ethyl adjacent to an activating group) is 1. The van der Waals surface area contributed by atoms with E-state index >= 15 is 0 Å². The Labute approximate surface area is 121 Å². The lowest BCUT2D eigenvalue weighted by molar-refractivity contribution is -0.0385. The molecule has 0 aliphatic rings. The van der Waals surface area contributed by atoms with Crippen molar-refractivity contribution < 1.29 is 4.74 Å². The van der Waals surface area contributed by atoms with Crippen molar-refractivity contribution in [1.29, 1.82) is 0 Å². The predicted molar refractivity (Wildman–Crippen MR) is 83.9 cm³/mol. The highest BCUT2D eigenvalue weighted by Crippen LogP contribution is 2.32. The molecule has 3 nitrogen and oxygen atoms in total. The summed E-state index contributed by atoms with van der Waals surface area (Å²) < 4.78 is 5.96. The lowest BCUT2D eigenvalue weighted by atomic mass is 9.89. The van der Waals surface area contributed by atoms with Crippen LogP contribution in [0.3, 0.4) is 0 Å². The number of nitrogens with one attached hydrogen (secondary N) is 1. The van der Waals surface area contributed by atoms with Gasteiger partial charge in [0.15, 0.2) is 0 Å². The monoisotopic (exact) mass is 272 g/mol. The van der Waals surface area contributed by atoms with Crippen LogP contribution < -0.4 is 5.32 Å². The van der Waals surface area contributed by atoms with Crippen molar-refractivity contribution in [1.82, 2.24) is 10.3 Å². The van der Waals surface area contributed by atoms with Crippen LogP contribution in [0.25, 0.3) is 10.9 Å². The third kappa shape index (κ3) is 3.00. The topological polar surface area (TPSA) is 34.2 Å². The van der Waals surface area contributed by atoms with Crippen LogP contribution in [0.2, 0.25) is 0 Å². The number of benzene rings is 1. The number of hydrogen-bond donors (Lipinski definition) is 1. The molecule has 1 aromatic carbocycles. The number of pyridine rings is 1. The first-order valence-electron chi connectivity index (χ1n) is 7.31. The maximum Gasteiger partial charge on any atom is 0.0820 e. The first-order valence-corrected chi connectivity index (χ1v) is 7.31. The van der Waals surface area contributed by atoms with Crippen LogP contribution in [0, 0.1) is 0 Å². The largest absolute Gasteiger partial charge is 0.374 e. The Kier molecular flexibility index (Phi) is 4.73. The molecular formula is C17H24N2O. The van der Waals surface area contributed by atoms with Crippen molar-refractivity contribution in [2.24, 2.45) is 0 Å². The van der Waals surface area contributed by atoms with Crippen LogP contribution in [0.4, 0.5) is 0 Å². The maximum atomic E-state index is 5.96. The summed E-state index contributed by atoms with van der Waals surface area (Å²) in [5.74, 6) is 0. The predicted octanol–water partition coefficient (Wildman–Crippen LogP) is 3.70. The summed E-state index contributed by atoms with van der Waals surface area (Å²) in [6.07, 6.45) is 1.84. The third-order valence-corrected chi connectivity index (χ3v) is 3.61. The van der Waals surface area contributed by atoms with Crippen molar-refractivity contribution in [3.05, 3.63) is 42.1 Å². The highest BCUT2D eigenvalue weighted by atomic mass is 16.5. The second kappa shape index (κ2) is 6.33. The fourth-order valence-electron chi connectivity index (χ4n) is 2.77. The van der Waals surface area contributed by atoms with E-state index in [1.165, 1.54) is 10.9 Å². The summed E-state index contributed by atoms with van der Waals surface area (Å²) in [5.41, 5.74) is 2.01.